The van der Waals surface area contributed by atoms with Crippen LogP contribution in [0.4, 0.5) is 0 Å². The first-order chi connectivity index (χ1) is 5.95. The van der Waals surface area contributed by atoms with E-state index >= 15 is 0 Å². The predicted octanol–water partition coefficient (Wildman–Crippen LogP) is -0.461. The minimum Gasteiger partial charge on any atom is -0.394 e. The average Bonchev–Trinajstić information content (AvgIpc) is 2.50. The molecule has 74 valence electrons. The van der Waals surface area contributed by atoms with Crippen LogP contribution in [0.3, 0.4) is 0 Å². The van der Waals surface area contributed by atoms with Gasteiger partial charge in [0.2, 0.25) is 14.2 Å². The van der Waals surface area contributed by atoms with Gasteiger partial charge in [-0.1, -0.05) is 0 Å². The molecule has 0 aliphatic carbocycles. The molecule has 0 bridgehead atoms. The molecule has 1 atom stereocenters. The maximum Gasteiger partial charge on any atom is 0.209 e. The van der Waals surface area contributed by atoms with Crippen LogP contribution in [0.1, 0.15) is 11.7 Å². The molecule has 0 aliphatic rings. The number of aromatic nitrogens is 1. The van der Waals surface area contributed by atoms with Crippen LogP contribution in [-0.4, -0.2) is 31.4 Å². The molecular formula is C6H10N2O3S2. The highest BCUT2D eigenvalue weighted by Crippen LogP contribution is 2.18. The van der Waals surface area contributed by atoms with Crippen molar-refractivity contribution < 1.29 is 13.5 Å². The average molecular weight is 222 g/mol. The number of hydrogen-bond acceptors (Lipinski definition) is 6. The maximum absolute atomic E-state index is 11.0. The van der Waals surface area contributed by atoms with Crippen LogP contribution in [0.5, 0.6) is 0 Å². The van der Waals surface area contributed by atoms with Crippen LogP contribution in [0.2, 0.25) is 0 Å². The van der Waals surface area contributed by atoms with Gasteiger partial charge in [-0.3, -0.25) is 0 Å². The van der Waals surface area contributed by atoms with Crippen molar-refractivity contribution in [1.29, 1.82) is 0 Å². The first kappa shape index (κ1) is 10.6. The largest absolute Gasteiger partial charge is 0.394 e. The third-order valence-corrected chi connectivity index (χ3v) is 3.97. The zero-order valence-electron chi connectivity index (χ0n) is 6.97. The molecule has 0 aliphatic heterocycles. The Hall–Kier alpha value is -0.500. The molecule has 0 spiro atoms. The van der Waals surface area contributed by atoms with Crippen LogP contribution >= 0.6 is 11.3 Å². The summed E-state index contributed by atoms with van der Waals surface area (Å²) in [4.78, 5) is 3.80. The third-order valence-electron chi connectivity index (χ3n) is 1.39. The van der Waals surface area contributed by atoms with Gasteiger partial charge in [0.25, 0.3) is 0 Å². The lowest BCUT2D eigenvalue weighted by Crippen LogP contribution is -2.15. The Labute approximate surface area is 80.1 Å². The van der Waals surface area contributed by atoms with Crippen LogP contribution in [0.25, 0.3) is 0 Å². The highest BCUT2D eigenvalue weighted by molar-refractivity contribution is 7.92. The van der Waals surface area contributed by atoms with Crippen molar-refractivity contribution in [2.75, 3.05) is 12.9 Å². The summed E-state index contributed by atoms with van der Waals surface area (Å²) < 4.78 is 22.0. The van der Waals surface area contributed by atoms with Crippen molar-refractivity contribution in [2.45, 2.75) is 10.4 Å². The third kappa shape index (κ3) is 2.47. The second kappa shape index (κ2) is 3.70. The van der Waals surface area contributed by atoms with Crippen molar-refractivity contribution in [3.05, 3.63) is 11.1 Å². The van der Waals surface area contributed by atoms with Gasteiger partial charge in [0.05, 0.1) is 18.3 Å². The zero-order valence-corrected chi connectivity index (χ0v) is 8.60. The van der Waals surface area contributed by atoms with Gasteiger partial charge in [-0.25, -0.2) is 13.4 Å². The van der Waals surface area contributed by atoms with E-state index in [0.717, 1.165) is 17.6 Å². The molecule has 7 heteroatoms. The monoisotopic (exact) mass is 222 g/mol. The number of hydrogen-bond donors (Lipinski definition) is 2. The van der Waals surface area contributed by atoms with Crippen molar-refractivity contribution in [3.63, 3.8) is 0 Å². The molecule has 0 fully saturated rings. The molecule has 1 unspecified atom stereocenters. The van der Waals surface area contributed by atoms with Gasteiger partial charge in [0.1, 0.15) is 0 Å². The summed E-state index contributed by atoms with van der Waals surface area (Å²) >= 11 is 1.01. The number of sulfone groups is 1. The summed E-state index contributed by atoms with van der Waals surface area (Å²) in [5.41, 5.74) is 5.86. The fourth-order valence-electron chi connectivity index (χ4n) is 0.703. The van der Waals surface area contributed by atoms with Gasteiger partial charge < -0.3 is 10.8 Å². The second-order valence-corrected chi connectivity index (χ2v) is 5.65. The molecule has 5 nitrogen and oxygen atoms in total. The number of nitrogens with two attached hydrogens (primary N) is 1. The summed E-state index contributed by atoms with van der Waals surface area (Å²) in [5, 5.41) is 10.2. The molecule has 3 N–H and O–H groups in total. The SMILES string of the molecule is CS(=O)(=O)c1nc(C(N)CO)cs1. The van der Waals surface area contributed by atoms with Gasteiger partial charge in [-0.2, -0.15) is 0 Å². The highest BCUT2D eigenvalue weighted by atomic mass is 32.2. The smallest absolute Gasteiger partial charge is 0.209 e. The Morgan fingerprint density at radius 3 is 2.77 bits per heavy atom. The van der Waals surface area contributed by atoms with E-state index in [1.165, 1.54) is 5.38 Å². The molecule has 1 heterocycles. The van der Waals surface area contributed by atoms with Gasteiger partial charge in [0, 0.05) is 11.6 Å². The summed E-state index contributed by atoms with van der Waals surface area (Å²) in [6.07, 6.45) is 1.08. The van der Waals surface area contributed by atoms with Crippen LogP contribution < -0.4 is 5.73 Å². The van der Waals surface area contributed by atoms with Gasteiger partial charge in [-0.15, -0.1) is 11.3 Å². The zero-order chi connectivity index (χ0) is 10.1. The minimum atomic E-state index is -3.25. The maximum atomic E-state index is 11.0. The number of rotatable bonds is 3. The number of nitrogens with zero attached hydrogens (tertiary/aromatic N) is 1. The van der Waals surface area contributed by atoms with E-state index in [4.69, 9.17) is 10.8 Å². The van der Waals surface area contributed by atoms with E-state index in [2.05, 4.69) is 4.98 Å². The first-order valence-electron chi connectivity index (χ1n) is 3.47. The van der Waals surface area contributed by atoms with Crippen molar-refractivity contribution in [3.8, 4) is 0 Å². The highest BCUT2D eigenvalue weighted by Gasteiger charge is 2.15. The quantitative estimate of drug-likeness (QED) is 0.721. The summed E-state index contributed by atoms with van der Waals surface area (Å²) in [6, 6.07) is -0.605. The van der Waals surface area contributed by atoms with E-state index in [1.54, 1.807) is 0 Å². The van der Waals surface area contributed by atoms with Crippen molar-refractivity contribution in [2.24, 2.45) is 5.73 Å². The lowest BCUT2D eigenvalue weighted by atomic mass is 10.3. The van der Waals surface area contributed by atoms with Crippen LogP contribution in [-0.2, 0) is 9.84 Å². The van der Waals surface area contributed by atoms with E-state index in [9.17, 15) is 8.42 Å². The molecule has 1 rings (SSSR count). The molecule has 0 radical (unpaired) electrons. The molecular weight excluding hydrogens is 212 g/mol. The lowest BCUT2D eigenvalue weighted by molar-refractivity contribution is 0.266. The van der Waals surface area contributed by atoms with Gasteiger partial charge in [0.15, 0.2) is 0 Å². The topological polar surface area (TPSA) is 93.3 Å². The Bertz CT molecular complexity index is 384. The Kier molecular flexibility index (Phi) is 3.01. The van der Waals surface area contributed by atoms with E-state index in [-0.39, 0.29) is 10.9 Å². The number of aliphatic hydroxyl groups is 1. The van der Waals surface area contributed by atoms with Crippen molar-refractivity contribution in [1.82, 2.24) is 4.98 Å². The standard InChI is InChI=1S/C6H10N2O3S2/c1-13(10,11)6-8-5(3-12-6)4(7)2-9/h3-4,9H,2,7H2,1H3. The Morgan fingerprint density at radius 2 is 2.38 bits per heavy atom. The molecule has 0 aromatic carbocycles. The van der Waals surface area contributed by atoms with E-state index < -0.39 is 15.9 Å². The number of aliphatic hydroxyl groups excluding tert-OH is 1. The van der Waals surface area contributed by atoms with E-state index in [0.29, 0.717) is 5.69 Å². The molecule has 0 saturated heterocycles. The van der Waals surface area contributed by atoms with Crippen LogP contribution in [0.15, 0.2) is 9.72 Å². The number of thiazole rings is 1. The van der Waals surface area contributed by atoms with Crippen molar-refractivity contribution >= 4 is 21.2 Å². The van der Waals surface area contributed by atoms with E-state index in [1.807, 2.05) is 0 Å². The fourth-order valence-corrected chi connectivity index (χ4v) is 2.42. The van der Waals surface area contributed by atoms with Gasteiger partial charge in [-0.05, 0) is 0 Å². The summed E-state index contributed by atoms with van der Waals surface area (Å²) in [5.74, 6) is 0. The molecule has 0 amide bonds. The summed E-state index contributed by atoms with van der Waals surface area (Å²) in [6.45, 7) is -0.243. The molecule has 13 heavy (non-hydrogen) atoms. The first-order valence-corrected chi connectivity index (χ1v) is 6.24. The minimum absolute atomic E-state index is 0.0337. The molecule has 1 aromatic heterocycles. The fraction of sp³-hybridized carbons (Fsp3) is 0.500. The predicted molar refractivity (Wildman–Crippen MR) is 49.2 cm³/mol. The molecule has 0 saturated carbocycles. The van der Waals surface area contributed by atoms with Crippen LogP contribution in [0, 0.1) is 0 Å². The Morgan fingerprint density at radius 1 is 1.77 bits per heavy atom. The van der Waals surface area contributed by atoms with Gasteiger partial charge >= 0.3 is 0 Å². The Balaban J connectivity index is 3.00. The lowest BCUT2D eigenvalue weighted by Gasteiger charge is -2.01. The normalized spacial score (nSPS) is 14.4. The summed E-state index contributed by atoms with van der Waals surface area (Å²) in [7, 11) is -3.25. The molecule has 1 aromatic rings. The second-order valence-electron chi connectivity index (χ2n) is 2.60.